The van der Waals surface area contributed by atoms with Gasteiger partial charge in [0.2, 0.25) is 0 Å². The van der Waals surface area contributed by atoms with Crippen molar-refractivity contribution < 1.29 is 8.83 Å². The fourth-order valence-corrected chi connectivity index (χ4v) is 3.48. The second kappa shape index (κ2) is 6.12. The monoisotopic (exact) mass is 400 g/mol. The van der Waals surface area contributed by atoms with Crippen molar-refractivity contribution in [1.29, 1.82) is 0 Å². The van der Waals surface area contributed by atoms with Gasteiger partial charge in [-0.25, -0.2) is 9.97 Å². The van der Waals surface area contributed by atoms with Crippen LogP contribution >= 0.6 is 46.4 Å². The molecule has 0 atom stereocenters. The van der Waals surface area contributed by atoms with E-state index in [2.05, 4.69) is 9.97 Å². The molecule has 0 saturated carbocycles. The van der Waals surface area contributed by atoms with Gasteiger partial charge in [0, 0.05) is 22.9 Å². The molecule has 0 unspecified atom stereocenters. The van der Waals surface area contributed by atoms with E-state index in [4.69, 9.17) is 55.2 Å². The van der Waals surface area contributed by atoms with Crippen molar-refractivity contribution in [2.45, 2.75) is 12.8 Å². The van der Waals surface area contributed by atoms with Crippen molar-refractivity contribution in [2.24, 2.45) is 0 Å². The first kappa shape index (κ1) is 16.0. The number of aryl methyl sites for hydroxylation is 2. The highest BCUT2D eigenvalue weighted by Gasteiger charge is 2.14. The van der Waals surface area contributed by atoms with Crippen LogP contribution in [0.4, 0.5) is 0 Å². The van der Waals surface area contributed by atoms with E-state index in [1.54, 1.807) is 24.3 Å². The Labute approximate surface area is 156 Å². The zero-order chi connectivity index (χ0) is 16.8. The molecule has 0 fully saturated rings. The topological polar surface area (TPSA) is 52.1 Å². The van der Waals surface area contributed by atoms with Crippen molar-refractivity contribution in [3.63, 3.8) is 0 Å². The van der Waals surface area contributed by atoms with Crippen molar-refractivity contribution >= 4 is 68.6 Å². The molecule has 0 aliphatic rings. The molecule has 0 aliphatic heterocycles. The predicted octanol–water partition coefficient (Wildman–Crippen LogP) is 6.37. The number of hydrogen-bond acceptors (Lipinski definition) is 4. The third-order valence-electron chi connectivity index (χ3n) is 3.46. The summed E-state index contributed by atoms with van der Waals surface area (Å²) in [6.45, 7) is 0. The van der Waals surface area contributed by atoms with Crippen LogP contribution in [0.1, 0.15) is 11.8 Å². The van der Waals surface area contributed by atoms with E-state index < -0.39 is 0 Å². The largest absolute Gasteiger partial charge is 0.439 e. The molecule has 2 heterocycles. The lowest BCUT2D eigenvalue weighted by molar-refractivity contribution is 0.488. The Morgan fingerprint density at radius 3 is 1.50 bits per heavy atom. The SMILES string of the molecule is Clc1cc(Cl)c2oc(CCc3nc4cc(Cl)cc(Cl)c4o3)nc2c1. The second-order valence-electron chi connectivity index (χ2n) is 5.19. The lowest BCUT2D eigenvalue weighted by Gasteiger charge is -1.92. The number of oxazole rings is 2. The lowest BCUT2D eigenvalue weighted by Crippen LogP contribution is -1.91. The third kappa shape index (κ3) is 2.95. The van der Waals surface area contributed by atoms with E-state index in [0.29, 0.717) is 66.9 Å². The molecule has 0 amide bonds. The Balaban J connectivity index is 1.61. The number of hydrogen-bond donors (Lipinski definition) is 0. The van der Waals surface area contributed by atoms with E-state index in [0.717, 1.165) is 0 Å². The number of fused-ring (bicyclic) bond motifs is 2. The Bertz CT molecular complexity index is 985. The summed E-state index contributed by atoms with van der Waals surface area (Å²) < 4.78 is 11.3. The van der Waals surface area contributed by atoms with Gasteiger partial charge in [-0.15, -0.1) is 0 Å². The third-order valence-corrected chi connectivity index (χ3v) is 4.46. The van der Waals surface area contributed by atoms with Crippen LogP contribution in [0.15, 0.2) is 33.1 Å². The highest BCUT2D eigenvalue weighted by molar-refractivity contribution is 6.38. The number of halogens is 4. The van der Waals surface area contributed by atoms with Crippen LogP contribution in [0.2, 0.25) is 20.1 Å². The Hall–Kier alpha value is -1.46. The summed E-state index contributed by atoms with van der Waals surface area (Å²) >= 11 is 24.1. The molecule has 0 bridgehead atoms. The first-order valence-corrected chi connectivity index (χ1v) is 8.50. The maximum Gasteiger partial charge on any atom is 0.196 e. The van der Waals surface area contributed by atoms with Gasteiger partial charge >= 0.3 is 0 Å². The van der Waals surface area contributed by atoms with Crippen molar-refractivity contribution in [3.05, 3.63) is 56.1 Å². The quantitative estimate of drug-likeness (QED) is 0.400. The van der Waals surface area contributed by atoms with E-state index in [-0.39, 0.29) is 0 Å². The molecular weight excluding hydrogens is 394 g/mol. The molecular formula is C16H8Cl4N2O2. The molecule has 8 heteroatoms. The zero-order valence-corrected chi connectivity index (χ0v) is 15.0. The number of nitrogens with zero attached hydrogens (tertiary/aromatic N) is 2. The standard InChI is InChI=1S/C16H8Cl4N2O2/c17-7-3-9(19)15-11(5-7)21-13(23-15)1-2-14-22-12-6-8(18)4-10(20)16(12)24-14/h3-6H,1-2H2. The normalized spacial score (nSPS) is 11.7. The first-order chi connectivity index (χ1) is 11.5. The average molecular weight is 402 g/mol. The number of rotatable bonds is 3. The fraction of sp³-hybridized carbons (Fsp3) is 0.125. The molecule has 4 rings (SSSR count). The maximum absolute atomic E-state index is 6.10. The van der Waals surface area contributed by atoms with Gasteiger partial charge < -0.3 is 8.83 Å². The zero-order valence-electron chi connectivity index (χ0n) is 11.9. The van der Waals surface area contributed by atoms with Crippen molar-refractivity contribution in [3.8, 4) is 0 Å². The average Bonchev–Trinajstić information content (AvgIpc) is 3.08. The lowest BCUT2D eigenvalue weighted by atomic mass is 10.3. The molecule has 0 aliphatic carbocycles. The molecule has 0 N–H and O–H groups in total. The highest BCUT2D eigenvalue weighted by atomic mass is 35.5. The first-order valence-electron chi connectivity index (χ1n) is 6.98. The molecule has 2 aromatic carbocycles. The van der Waals surface area contributed by atoms with E-state index >= 15 is 0 Å². The van der Waals surface area contributed by atoms with Gasteiger partial charge in [-0.3, -0.25) is 0 Å². The van der Waals surface area contributed by atoms with Crippen LogP contribution < -0.4 is 0 Å². The summed E-state index contributed by atoms with van der Waals surface area (Å²) in [5.41, 5.74) is 2.27. The molecule has 122 valence electrons. The second-order valence-corrected chi connectivity index (χ2v) is 6.87. The van der Waals surface area contributed by atoms with Crippen molar-refractivity contribution in [2.75, 3.05) is 0 Å². The van der Waals surface area contributed by atoms with Crippen molar-refractivity contribution in [1.82, 2.24) is 9.97 Å². The van der Waals surface area contributed by atoms with E-state index in [1.165, 1.54) is 0 Å². The summed E-state index contributed by atoms with van der Waals surface area (Å²) in [6.07, 6.45) is 1.00. The Kier molecular flexibility index (Phi) is 4.09. The fourth-order valence-electron chi connectivity index (χ4n) is 2.44. The predicted molar refractivity (Wildman–Crippen MR) is 95.5 cm³/mol. The summed E-state index contributed by atoms with van der Waals surface area (Å²) in [5.74, 6) is 1.06. The van der Waals surface area contributed by atoms with Gasteiger partial charge in [0.1, 0.15) is 11.0 Å². The van der Waals surface area contributed by atoms with Crippen LogP contribution in [0, 0.1) is 0 Å². The molecule has 2 aromatic heterocycles. The smallest absolute Gasteiger partial charge is 0.196 e. The van der Waals surface area contributed by atoms with Gasteiger partial charge in [0.05, 0.1) is 10.0 Å². The van der Waals surface area contributed by atoms with Crippen LogP contribution in [0.25, 0.3) is 22.2 Å². The number of aromatic nitrogens is 2. The van der Waals surface area contributed by atoms with Crippen LogP contribution in [0.5, 0.6) is 0 Å². The summed E-state index contributed by atoms with van der Waals surface area (Å²) in [6, 6.07) is 6.65. The Morgan fingerprint density at radius 1 is 0.667 bits per heavy atom. The summed E-state index contributed by atoms with van der Waals surface area (Å²) in [5, 5.41) is 1.88. The minimum Gasteiger partial charge on any atom is -0.439 e. The van der Waals surface area contributed by atoms with Crippen LogP contribution in [-0.2, 0) is 12.8 Å². The minimum atomic E-state index is 0.430. The van der Waals surface area contributed by atoms with E-state index in [9.17, 15) is 0 Å². The molecule has 4 aromatic rings. The van der Waals surface area contributed by atoms with E-state index in [1.807, 2.05) is 0 Å². The van der Waals surface area contributed by atoms with Gasteiger partial charge in [0.25, 0.3) is 0 Å². The van der Waals surface area contributed by atoms with Gasteiger partial charge in [0.15, 0.2) is 22.9 Å². The number of benzene rings is 2. The van der Waals surface area contributed by atoms with Gasteiger partial charge in [-0.05, 0) is 24.3 Å². The van der Waals surface area contributed by atoms with Crippen LogP contribution in [0.3, 0.4) is 0 Å². The Morgan fingerprint density at radius 2 is 1.08 bits per heavy atom. The molecule has 4 nitrogen and oxygen atoms in total. The molecule has 0 saturated heterocycles. The summed E-state index contributed by atoms with van der Waals surface area (Å²) in [7, 11) is 0. The minimum absolute atomic E-state index is 0.430. The molecule has 0 spiro atoms. The van der Waals surface area contributed by atoms with Crippen LogP contribution in [-0.4, -0.2) is 9.97 Å². The van der Waals surface area contributed by atoms with Gasteiger partial charge in [-0.1, -0.05) is 46.4 Å². The summed E-state index contributed by atoms with van der Waals surface area (Å²) in [4.78, 5) is 8.77. The molecule has 0 radical (unpaired) electrons. The maximum atomic E-state index is 6.10. The highest BCUT2D eigenvalue weighted by Crippen LogP contribution is 2.30. The molecule has 24 heavy (non-hydrogen) atoms. The van der Waals surface area contributed by atoms with Gasteiger partial charge in [-0.2, -0.15) is 0 Å².